The Hall–Kier alpha value is -2.28. The number of hydrogen-bond donors (Lipinski definition) is 1. The van der Waals surface area contributed by atoms with E-state index < -0.39 is 0 Å². The first-order valence-electron chi connectivity index (χ1n) is 11.8. The molecule has 0 fully saturated rings. The van der Waals surface area contributed by atoms with Crippen LogP contribution in [0.4, 0.5) is 5.95 Å². The van der Waals surface area contributed by atoms with E-state index in [-0.39, 0.29) is 17.2 Å². The minimum atomic E-state index is -0.285. The number of Topliss-reactive ketones (excluding diaryl/α,β-unsaturated/α-hetero) is 1. The number of benzene rings is 1. The Morgan fingerprint density at radius 3 is 2.81 bits per heavy atom. The van der Waals surface area contributed by atoms with Crippen molar-refractivity contribution in [3.8, 4) is 5.75 Å². The lowest BCUT2D eigenvalue weighted by Gasteiger charge is -2.38. The van der Waals surface area contributed by atoms with Gasteiger partial charge < -0.3 is 10.1 Å². The van der Waals surface area contributed by atoms with E-state index in [9.17, 15) is 4.79 Å². The molecule has 7 heteroatoms. The van der Waals surface area contributed by atoms with Gasteiger partial charge in [-0.3, -0.25) is 4.79 Å². The highest BCUT2D eigenvalue weighted by molar-refractivity contribution is 7.99. The quantitative estimate of drug-likeness (QED) is 0.370. The molecule has 4 rings (SSSR count). The number of thioether (sulfide) groups is 1. The molecule has 1 atom stereocenters. The van der Waals surface area contributed by atoms with Crippen LogP contribution in [0.5, 0.6) is 5.75 Å². The smallest absolute Gasteiger partial charge is 0.227 e. The van der Waals surface area contributed by atoms with Gasteiger partial charge in [0.15, 0.2) is 5.78 Å². The number of hydrogen-bond acceptors (Lipinski definition) is 6. The van der Waals surface area contributed by atoms with E-state index in [1.165, 1.54) is 0 Å². The molecule has 1 aromatic carbocycles. The third-order valence-corrected chi connectivity index (χ3v) is 6.91. The first-order valence-corrected chi connectivity index (χ1v) is 12.8. The number of anilines is 1. The van der Waals surface area contributed by atoms with Crippen molar-refractivity contribution in [3.63, 3.8) is 0 Å². The van der Waals surface area contributed by atoms with Crippen LogP contribution in [0.2, 0.25) is 0 Å². The molecular formula is C25H34N4O2S. The predicted molar refractivity (Wildman–Crippen MR) is 129 cm³/mol. The zero-order valence-electron chi connectivity index (χ0n) is 19.6. The topological polar surface area (TPSA) is 69.0 Å². The number of nitrogens with one attached hydrogen (secondary N) is 1. The molecule has 2 heterocycles. The Morgan fingerprint density at radius 2 is 2.03 bits per heavy atom. The van der Waals surface area contributed by atoms with Crippen LogP contribution in [0.1, 0.15) is 77.8 Å². The van der Waals surface area contributed by atoms with Crippen molar-refractivity contribution in [1.29, 1.82) is 0 Å². The van der Waals surface area contributed by atoms with Gasteiger partial charge in [0.1, 0.15) is 11.8 Å². The summed E-state index contributed by atoms with van der Waals surface area (Å²) in [5.41, 5.74) is 2.74. The Bertz CT molecular complexity index is 1010. The van der Waals surface area contributed by atoms with Crippen LogP contribution in [0.3, 0.4) is 0 Å². The number of allylic oxidation sites excluding steroid dienone is 2. The normalized spacial score (nSPS) is 19.4. The number of carbonyl (C=O) groups excluding carboxylic acids is 1. The molecule has 1 N–H and O–H groups in total. The molecule has 32 heavy (non-hydrogen) atoms. The Balaban J connectivity index is 1.73. The van der Waals surface area contributed by atoms with Crippen LogP contribution in [0, 0.1) is 5.41 Å². The van der Waals surface area contributed by atoms with E-state index in [1.54, 1.807) is 11.8 Å². The van der Waals surface area contributed by atoms with Crippen molar-refractivity contribution in [2.24, 2.45) is 5.41 Å². The molecule has 0 saturated heterocycles. The van der Waals surface area contributed by atoms with Crippen LogP contribution in [0.15, 0.2) is 40.7 Å². The van der Waals surface area contributed by atoms with Gasteiger partial charge in [0, 0.05) is 23.4 Å². The maximum Gasteiger partial charge on any atom is 0.227 e. The summed E-state index contributed by atoms with van der Waals surface area (Å²) in [6.07, 6.45) is 5.75. The van der Waals surface area contributed by atoms with E-state index in [0.29, 0.717) is 13.0 Å². The summed E-state index contributed by atoms with van der Waals surface area (Å²) in [7, 11) is 0. The molecule has 0 saturated carbocycles. The van der Waals surface area contributed by atoms with E-state index in [4.69, 9.17) is 14.8 Å². The van der Waals surface area contributed by atoms with Crippen LogP contribution in [0.25, 0.3) is 0 Å². The summed E-state index contributed by atoms with van der Waals surface area (Å²) in [6, 6.07) is 7.82. The van der Waals surface area contributed by atoms with E-state index in [2.05, 4.69) is 45.1 Å². The number of aromatic nitrogens is 3. The SMILES string of the molecule is CCCCOc1cccc(C2C3=C(CC(C)(C)CC3=O)Nc3nc(SCCCC)nn32)c1. The molecule has 2 aromatic rings. The highest BCUT2D eigenvalue weighted by atomic mass is 32.2. The first-order chi connectivity index (χ1) is 15.4. The van der Waals surface area contributed by atoms with E-state index >= 15 is 0 Å². The standard InChI is InChI=1S/C25H34N4O2S/c1-5-7-12-31-18-11-9-10-17(14-18)22-21-19(15-25(3,4)16-20(21)30)26-23-27-24(28-29(22)23)32-13-8-6-2/h9-11,14,22H,5-8,12-13,15-16H2,1-4H3,(H,26,27,28). The molecule has 172 valence electrons. The second kappa shape index (κ2) is 9.69. The summed E-state index contributed by atoms with van der Waals surface area (Å²) in [4.78, 5) is 18.1. The lowest BCUT2D eigenvalue weighted by Crippen LogP contribution is -2.36. The van der Waals surface area contributed by atoms with Gasteiger partial charge in [-0.1, -0.05) is 64.4 Å². The highest BCUT2D eigenvalue weighted by Gasteiger charge is 2.42. The fourth-order valence-electron chi connectivity index (χ4n) is 4.38. The number of carbonyl (C=O) groups is 1. The maximum atomic E-state index is 13.4. The third-order valence-electron chi connectivity index (χ3n) is 5.98. The second-order valence-electron chi connectivity index (χ2n) is 9.50. The number of ether oxygens (including phenoxy) is 1. The molecule has 0 radical (unpaired) electrons. The Morgan fingerprint density at radius 1 is 1.22 bits per heavy atom. The molecule has 1 aliphatic heterocycles. The van der Waals surface area contributed by atoms with Crippen molar-refractivity contribution in [1.82, 2.24) is 14.8 Å². The minimum Gasteiger partial charge on any atom is -0.494 e. The van der Waals surface area contributed by atoms with Crippen LogP contribution < -0.4 is 10.1 Å². The molecule has 6 nitrogen and oxygen atoms in total. The minimum absolute atomic E-state index is 0.0700. The summed E-state index contributed by atoms with van der Waals surface area (Å²) < 4.78 is 7.86. The van der Waals surface area contributed by atoms with Crippen molar-refractivity contribution >= 4 is 23.5 Å². The molecule has 1 aromatic heterocycles. The number of rotatable bonds is 9. The van der Waals surface area contributed by atoms with Crippen molar-refractivity contribution in [3.05, 3.63) is 41.1 Å². The van der Waals surface area contributed by atoms with Gasteiger partial charge in [-0.15, -0.1) is 5.10 Å². The zero-order chi connectivity index (χ0) is 22.7. The number of nitrogens with zero attached hydrogens (tertiary/aromatic N) is 3. The summed E-state index contributed by atoms with van der Waals surface area (Å²) >= 11 is 1.68. The van der Waals surface area contributed by atoms with Gasteiger partial charge >= 0.3 is 0 Å². The van der Waals surface area contributed by atoms with Gasteiger partial charge in [0.05, 0.1) is 6.61 Å². The molecule has 2 aliphatic rings. The molecule has 1 aliphatic carbocycles. The Labute approximate surface area is 195 Å². The summed E-state index contributed by atoms with van der Waals surface area (Å²) in [5, 5.41) is 9.04. The molecular weight excluding hydrogens is 420 g/mol. The summed E-state index contributed by atoms with van der Waals surface area (Å²) in [5.74, 6) is 2.73. The fourth-order valence-corrected chi connectivity index (χ4v) is 5.29. The second-order valence-corrected chi connectivity index (χ2v) is 10.6. The fraction of sp³-hybridized carbons (Fsp3) is 0.560. The average Bonchev–Trinajstić information content (AvgIpc) is 3.14. The van der Waals surface area contributed by atoms with Gasteiger partial charge in [-0.2, -0.15) is 4.98 Å². The Kier molecular flexibility index (Phi) is 6.93. The summed E-state index contributed by atoms with van der Waals surface area (Å²) in [6.45, 7) is 9.34. The van der Waals surface area contributed by atoms with Crippen molar-refractivity contribution in [2.45, 2.75) is 77.4 Å². The van der Waals surface area contributed by atoms with E-state index in [0.717, 1.165) is 71.5 Å². The van der Waals surface area contributed by atoms with E-state index in [1.807, 2.05) is 16.8 Å². The van der Waals surface area contributed by atoms with Crippen LogP contribution in [-0.4, -0.2) is 32.9 Å². The first kappa shape index (κ1) is 22.9. The number of unbranched alkanes of at least 4 members (excludes halogenated alkanes) is 2. The van der Waals surface area contributed by atoms with Gasteiger partial charge in [-0.05, 0) is 42.4 Å². The average molecular weight is 455 g/mol. The predicted octanol–water partition coefficient (Wildman–Crippen LogP) is 6.01. The monoisotopic (exact) mass is 454 g/mol. The van der Waals surface area contributed by atoms with Crippen molar-refractivity contribution < 1.29 is 9.53 Å². The largest absolute Gasteiger partial charge is 0.494 e. The highest BCUT2D eigenvalue weighted by Crippen LogP contribution is 2.46. The number of fused-ring (bicyclic) bond motifs is 1. The molecule has 1 unspecified atom stereocenters. The zero-order valence-corrected chi connectivity index (χ0v) is 20.4. The van der Waals surface area contributed by atoms with Gasteiger partial charge in [0.2, 0.25) is 11.1 Å². The molecule has 0 spiro atoms. The number of ketones is 1. The van der Waals surface area contributed by atoms with Gasteiger partial charge in [0.25, 0.3) is 0 Å². The maximum absolute atomic E-state index is 13.4. The lowest BCUT2D eigenvalue weighted by molar-refractivity contribution is -0.118. The third kappa shape index (κ3) is 4.87. The molecule has 0 amide bonds. The molecule has 0 bridgehead atoms. The van der Waals surface area contributed by atoms with Crippen molar-refractivity contribution in [2.75, 3.05) is 17.7 Å². The van der Waals surface area contributed by atoms with Crippen LogP contribution in [-0.2, 0) is 4.79 Å². The lowest BCUT2D eigenvalue weighted by atomic mass is 9.73. The van der Waals surface area contributed by atoms with Crippen LogP contribution >= 0.6 is 11.8 Å². The van der Waals surface area contributed by atoms with Gasteiger partial charge in [-0.25, -0.2) is 4.68 Å².